The maximum absolute atomic E-state index is 14.6. The molecule has 0 radical (unpaired) electrons. The zero-order valence-electron chi connectivity index (χ0n) is 18.3. The Bertz CT molecular complexity index is 1050. The lowest BCUT2D eigenvalue weighted by atomic mass is 9.96. The van der Waals surface area contributed by atoms with E-state index in [1.807, 2.05) is 24.3 Å². The SMILES string of the molecule is O=C(N1CCN(C(c2ccccc2)c2ccccc2)CC1)C(F)(F)C1(F)OC(F)(F)C(F)(F)C1(F)F. The number of nitrogens with zero attached hydrogens (tertiary/aromatic N) is 2. The van der Waals surface area contributed by atoms with E-state index >= 15 is 0 Å². The van der Waals surface area contributed by atoms with Crippen LogP contribution in [0.15, 0.2) is 60.7 Å². The zero-order chi connectivity index (χ0) is 26.6. The largest absolute Gasteiger partial charge is 0.428 e. The first-order chi connectivity index (χ1) is 16.7. The molecule has 36 heavy (non-hydrogen) atoms. The minimum Gasteiger partial charge on any atom is -0.335 e. The summed E-state index contributed by atoms with van der Waals surface area (Å²) in [6.45, 7) is -1.28. The molecule has 2 aliphatic rings. The summed E-state index contributed by atoms with van der Waals surface area (Å²) in [5, 5.41) is 0. The molecule has 0 bridgehead atoms. The molecule has 0 saturated carbocycles. The van der Waals surface area contributed by atoms with Gasteiger partial charge >= 0.3 is 29.7 Å². The van der Waals surface area contributed by atoms with Crippen molar-refractivity contribution in [2.45, 2.75) is 35.8 Å². The van der Waals surface area contributed by atoms with Gasteiger partial charge in [0.1, 0.15) is 0 Å². The van der Waals surface area contributed by atoms with E-state index in [1.54, 1.807) is 41.3 Å². The smallest absolute Gasteiger partial charge is 0.335 e. The van der Waals surface area contributed by atoms with Crippen molar-refractivity contribution >= 4 is 5.91 Å². The summed E-state index contributed by atoms with van der Waals surface area (Å²) in [7, 11) is 0. The monoisotopic (exact) mass is 526 g/mol. The highest BCUT2D eigenvalue weighted by molar-refractivity contribution is 5.85. The van der Waals surface area contributed by atoms with Crippen molar-refractivity contribution in [3.05, 3.63) is 71.8 Å². The van der Waals surface area contributed by atoms with Gasteiger partial charge in [-0.25, -0.2) is 0 Å². The van der Waals surface area contributed by atoms with Gasteiger partial charge < -0.3 is 4.90 Å². The van der Waals surface area contributed by atoms with Crippen LogP contribution < -0.4 is 0 Å². The molecule has 1 amide bonds. The van der Waals surface area contributed by atoms with E-state index in [1.165, 1.54) is 0 Å². The van der Waals surface area contributed by atoms with Crippen LogP contribution in [0, 0.1) is 0 Å². The summed E-state index contributed by atoms with van der Waals surface area (Å²) in [5.74, 6) is -28.3. The molecule has 1 atom stereocenters. The zero-order valence-corrected chi connectivity index (χ0v) is 18.3. The van der Waals surface area contributed by atoms with Gasteiger partial charge in [0, 0.05) is 26.2 Å². The predicted molar refractivity (Wildman–Crippen MR) is 108 cm³/mol. The Morgan fingerprint density at radius 1 is 0.750 bits per heavy atom. The molecule has 1 unspecified atom stereocenters. The second-order valence-electron chi connectivity index (χ2n) is 8.49. The number of carbonyl (C=O) groups excluding carboxylic acids is 1. The average Bonchev–Trinajstić information content (AvgIpc) is 2.94. The van der Waals surface area contributed by atoms with Crippen molar-refractivity contribution in [3.63, 3.8) is 0 Å². The van der Waals surface area contributed by atoms with Gasteiger partial charge in [-0.2, -0.15) is 39.5 Å². The highest BCUT2D eigenvalue weighted by Crippen LogP contribution is 2.64. The molecule has 2 aromatic rings. The van der Waals surface area contributed by atoms with Crippen LogP contribution in [0.2, 0.25) is 0 Å². The Balaban J connectivity index is 1.55. The Hall–Kier alpha value is -2.80. The molecule has 2 aliphatic heterocycles. The number of amides is 1. The van der Waals surface area contributed by atoms with E-state index in [-0.39, 0.29) is 18.0 Å². The van der Waals surface area contributed by atoms with Crippen molar-refractivity contribution in [3.8, 4) is 0 Å². The molecule has 0 aromatic heterocycles. The predicted octanol–water partition coefficient (Wildman–Crippen LogP) is 5.11. The molecule has 4 nitrogen and oxygen atoms in total. The van der Waals surface area contributed by atoms with Crippen molar-refractivity contribution in [1.82, 2.24) is 9.80 Å². The van der Waals surface area contributed by atoms with E-state index in [9.17, 15) is 44.3 Å². The third kappa shape index (κ3) is 3.74. The van der Waals surface area contributed by atoms with Crippen LogP contribution in [-0.2, 0) is 9.53 Å². The van der Waals surface area contributed by atoms with Gasteiger partial charge in [0.05, 0.1) is 6.04 Å². The molecular formula is C23H19F9N2O2. The quantitative estimate of drug-likeness (QED) is 0.508. The van der Waals surface area contributed by atoms with Crippen LogP contribution in [0.4, 0.5) is 39.5 Å². The lowest BCUT2D eigenvalue weighted by molar-refractivity contribution is -0.368. The molecule has 0 N–H and O–H groups in total. The van der Waals surface area contributed by atoms with Crippen molar-refractivity contribution in [2.24, 2.45) is 0 Å². The highest BCUT2D eigenvalue weighted by Gasteiger charge is 2.96. The van der Waals surface area contributed by atoms with E-state index < -0.39 is 54.8 Å². The summed E-state index contributed by atoms with van der Waals surface area (Å²) in [4.78, 5) is 14.4. The molecule has 0 spiro atoms. The van der Waals surface area contributed by atoms with E-state index in [4.69, 9.17) is 0 Å². The number of rotatable bonds is 5. The number of carbonyl (C=O) groups is 1. The third-order valence-corrected chi connectivity index (χ3v) is 6.30. The number of benzene rings is 2. The summed E-state index contributed by atoms with van der Waals surface area (Å²) in [6, 6.07) is 17.5. The first-order valence-corrected chi connectivity index (χ1v) is 10.7. The number of alkyl halides is 9. The number of hydrogen-bond donors (Lipinski definition) is 0. The van der Waals surface area contributed by atoms with Crippen molar-refractivity contribution < 1.29 is 49.0 Å². The average molecular weight is 526 g/mol. The molecule has 0 aliphatic carbocycles. The maximum Gasteiger partial charge on any atom is 0.428 e. The van der Waals surface area contributed by atoms with Crippen LogP contribution in [-0.4, -0.2) is 71.6 Å². The summed E-state index contributed by atoms with van der Waals surface area (Å²) in [5.41, 5.74) is 1.64. The number of hydrogen-bond acceptors (Lipinski definition) is 3. The van der Waals surface area contributed by atoms with Gasteiger partial charge in [-0.05, 0) is 11.1 Å². The number of piperazine rings is 1. The molecule has 13 heteroatoms. The molecule has 2 aromatic carbocycles. The molecular weight excluding hydrogens is 507 g/mol. The minimum absolute atomic E-state index is 0.0981. The van der Waals surface area contributed by atoms with Crippen molar-refractivity contribution in [1.29, 1.82) is 0 Å². The lowest BCUT2D eigenvalue weighted by Crippen LogP contribution is -2.66. The molecule has 2 saturated heterocycles. The van der Waals surface area contributed by atoms with Gasteiger partial charge in [-0.3, -0.25) is 14.4 Å². The standard InChI is InChI=1S/C23H19F9N2O2/c24-19(25,22(30)20(26,27)21(28,29)23(31,32)36-22)18(35)34-13-11-33(12-14-34)17(15-7-3-1-4-8-15)16-9-5-2-6-10-16/h1-10,17H,11-14H2. The fourth-order valence-corrected chi connectivity index (χ4v) is 4.35. The van der Waals surface area contributed by atoms with Gasteiger partial charge in [-0.15, -0.1) is 0 Å². The molecule has 4 rings (SSSR count). The fraction of sp³-hybridized carbons (Fsp3) is 0.435. The minimum atomic E-state index is -6.70. The topological polar surface area (TPSA) is 32.8 Å². The normalized spacial score (nSPS) is 25.8. The van der Waals surface area contributed by atoms with E-state index in [2.05, 4.69) is 4.74 Å². The Morgan fingerprint density at radius 2 is 1.19 bits per heavy atom. The Labute approximate surface area is 199 Å². The Morgan fingerprint density at radius 3 is 1.58 bits per heavy atom. The second kappa shape index (κ2) is 8.65. The second-order valence-corrected chi connectivity index (χ2v) is 8.49. The van der Waals surface area contributed by atoms with Crippen LogP contribution in [0.3, 0.4) is 0 Å². The van der Waals surface area contributed by atoms with Gasteiger partial charge in [0.15, 0.2) is 0 Å². The maximum atomic E-state index is 14.6. The Kier molecular flexibility index (Phi) is 6.31. The fourth-order valence-electron chi connectivity index (χ4n) is 4.35. The van der Waals surface area contributed by atoms with E-state index in [0.717, 1.165) is 11.1 Å². The first kappa shape index (κ1) is 26.3. The third-order valence-electron chi connectivity index (χ3n) is 6.30. The lowest BCUT2D eigenvalue weighted by Gasteiger charge is -2.41. The first-order valence-electron chi connectivity index (χ1n) is 10.7. The van der Waals surface area contributed by atoms with Crippen LogP contribution >= 0.6 is 0 Å². The van der Waals surface area contributed by atoms with E-state index in [0.29, 0.717) is 0 Å². The van der Waals surface area contributed by atoms with Crippen LogP contribution in [0.1, 0.15) is 17.2 Å². The van der Waals surface area contributed by atoms with Gasteiger partial charge in [-0.1, -0.05) is 60.7 Å². The molecule has 196 valence electrons. The molecule has 2 heterocycles. The number of ether oxygens (including phenoxy) is 1. The number of halogens is 9. The van der Waals surface area contributed by atoms with Crippen molar-refractivity contribution in [2.75, 3.05) is 26.2 Å². The summed E-state index contributed by atoms with van der Waals surface area (Å²) in [6.07, 6.45) is -6.27. The highest BCUT2D eigenvalue weighted by atomic mass is 19.4. The van der Waals surface area contributed by atoms with Gasteiger partial charge in [0.25, 0.3) is 5.91 Å². The van der Waals surface area contributed by atoms with Crippen LogP contribution in [0.25, 0.3) is 0 Å². The molecule has 2 fully saturated rings. The summed E-state index contributed by atoms with van der Waals surface area (Å²) >= 11 is 0. The summed E-state index contributed by atoms with van der Waals surface area (Å²) < 4.78 is 127. The van der Waals surface area contributed by atoms with Crippen LogP contribution in [0.5, 0.6) is 0 Å². The van der Waals surface area contributed by atoms with Gasteiger partial charge in [0.2, 0.25) is 0 Å².